The van der Waals surface area contributed by atoms with E-state index in [0.29, 0.717) is 38.6 Å². The first-order chi connectivity index (χ1) is 26.4. The lowest BCUT2D eigenvalue weighted by atomic mass is 10.1. The summed E-state index contributed by atoms with van der Waals surface area (Å²) in [7, 11) is 0. The molecule has 0 heterocycles. The lowest BCUT2D eigenvalue weighted by Gasteiger charge is -2.15. The van der Waals surface area contributed by atoms with E-state index in [0.717, 1.165) is 96.3 Å². The standard InChI is InChI=1S/C47H74N2O5/c1-3-5-7-9-11-13-15-16-17-18-19-20-21-22-24-26-28-30-35-41-46(51)54-43(37-32-29-27-25-23-14-12-10-8-6-4-2)38-33-31-34-40-45(50)49-44(47(52)53)39-36-42-48/h5-8,11-14,16-17,19-20,22,24-25,27,32,37,43-44H,3-4,9-10,15,18,21,23,26,28-31,33-36,38-42,48H2,1-2H3,(H,49,50)(H,52,53)/b7-5-,8-6-,13-11-,14-12-,17-16-,20-19-,24-22-,27-25-,37-32-. The van der Waals surface area contributed by atoms with Gasteiger partial charge in [0.1, 0.15) is 12.1 Å². The van der Waals surface area contributed by atoms with Crippen molar-refractivity contribution in [1.82, 2.24) is 5.32 Å². The molecule has 4 N–H and O–H groups in total. The van der Waals surface area contributed by atoms with Crippen molar-refractivity contribution in [3.8, 4) is 0 Å². The Hall–Kier alpha value is -3.97. The first-order valence-electron chi connectivity index (χ1n) is 20.7. The highest BCUT2D eigenvalue weighted by molar-refractivity contribution is 5.83. The van der Waals surface area contributed by atoms with Crippen LogP contribution in [0.3, 0.4) is 0 Å². The fraction of sp³-hybridized carbons (Fsp3) is 0.553. The molecule has 0 rings (SSSR count). The molecule has 7 nitrogen and oxygen atoms in total. The summed E-state index contributed by atoms with van der Waals surface area (Å²) < 4.78 is 5.87. The van der Waals surface area contributed by atoms with Gasteiger partial charge in [0, 0.05) is 12.8 Å². The highest BCUT2D eigenvalue weighted by Crippen LogP contribution is 2.14. The molecule has 1 amide bonds. The normalized spacial score (nSPS) is 13.8. The summed E-state index contributed by atoms with van der Waals surface area (Å²) in [4.78, 5) is 36.4. The Kier molecular flexibility index (Phi) is 37.3. The first kappa shape index (κ1) is 50.0. The van der Waals surface area contributed by atoms with E-state index in [1.165, 1.54) is 0 Å². The van der Waals surface area contributed by atoms with E-state index in [9.17, 15) is 19.5 Å². The molecule has 0 bridgehead atoms. The van der Waals surface area contributed by atoms with Crippen LogP contribution in [-0.4, -0.2) is 41.6 Å². The van der Waals surface area contributed by atoms with E-state index < -0.39 is 12.0 Å². The number of carbonyl (C=O) groups excluding carboxylic acids is 2. The molecule has 7 heteroatoms. The topological polar surface area (TPSA) is 119 Å². The number of allylic oxidation sites excluding steroid dienone is 17. The molecule has 54 heavy (non-hydrogen) atoms. The number of aliphatic carboxylic acids is 1. The number of carbonyl (C=O) groups is 3. The van der Waals surface area contributed by atoms with E-state index in [1.807, 2.05) is 12.2 Å². The number of carboxylic acids is 1. The van der Waals surface area contributed by atoms with Crippen molar-refractivity contribution >= 4 is 17.8 Å². The predicted octanol–water partition coefficient (Wildman–Crippen LogP) is 11.7. The first-order valence-corrected chi connectivity index (χ1v) is 20.7. The molecule has 0 saturated heterocycles. The number of rotatable bonds is 35. The van der Waals surface area contributed by atoms with Crippen LogP contribution in [-0.2, 0) is 19.1 Å². The van der Waals surface area contributed by atoms with Crippen LogP contribution in [0, 0.1) is 0 Å². The Bertz CT molecular complexity index is 1200. The number of nitrogens with one attached hydrogen (secondary N) is 1. The molecule has 0 aromatic rings. The second kappa shape index (κ2) is 40.2. The highest BCUT2D eigenvalue weighted by atomic mass is 16.5. The maximum Gasteiger partial charge on any atom is 0.326 e. The number of esters is 1. The number of carboxylic acid groups (broad SMARTS) is 1. The van der Waals surface area contributed by atoms with Crippen molar-refractivity contribution in [2.24, 2.45) is 5.73 Å². The number of nitrogens with two attached hydrogens (primary N) is 1. The van der Waals surface area contributed by atoms with E-state index >= 15 is 0 Å². The lowest BCUT2D eigenvalue weighted by Crippen LogP contribution is -2.40. The van der Waals surface area contributed by atoms with E-state index in [4.69, 9.17) is 10.5 Å². The van der Waals surface area contributed by atoms with Crippen LogP contribution in [0.25, 0.3) is 0 Å². The number of unbranched alkanes of at least 4 members (excludes halogenated alkanes) is 5. The van der Waals surface area contributed by atoms with Crippen molar-refractivity contribution in [1.29, 1.82) is 0 Å². The minimum atomic E-state index is -1.04. The Morgan fingerprint density at radius 2 is 1.02 bits per heavy atom. The third-order valence-corrected chi connectivity index (χ3v) is 8.32. The van der Waals surface area contributed by atoms with Crippen LogP contribution in [0.15, 0.2) is 109 Å². The minimum absolute atomic E-state index is 0.172. The molecular formula is C47H74N2O5. The average Bonchev–Trinajstić information content (AvgIpc) is 3.15. The molecule has 2 atom stereocenters. The molecule has 0 spiro atoms. The minimum Gasteiger partial charge on any atom is -0.480 e. The van der Waals surface area contributed by atoms with Gasteiger partial charge in [-0.25, -0.2) is 4.79 Å². The fourth-order valence-electron chi connectivity index (χ4n) is 5.27. The highest BCUT2D eigenvalue weighted by Gasteiger charge is 2.19. The largest absolute Gasteiger partial charge is 0.480 e. The number of amides is 1. The second-order valence-corrected chi connectivity index (χ2v) is 13.3. The van der Waals surface area contributed by atoms with E-state index in [2.05, 4.69) is 116 Å². The Balaban J connectivity index is 4.54. The van der Waals surface area contributed by atoms with Crippen molar-refractivity contribution in [2.45, 2.75) is 161 Å². The zero-order valence-corrected chi connectivity index (χ0v) is 33.8. The Morgan fingerprint density at radius 1 is 0.556 bits per heavy atom. The number of hydrogen-bond acceptors (Lipinski definition) is 5. The molecular weight excluding hydrogens is 673 g/mol. The average molecular weight is 747 g/mol. The van der Waals surface area contributed by atoms with Crippen molar-refractivity contribution in [3.63, 3.8) is 0 Å². The third kappa shape index (κ3) is 36.4. The summed E-state index contributed by atoms with van der Waals surface area (Å²) in [5, 5.41) is 11.9. The van der Waals surface area contributed by atoms with Gasteiger partial charge in [0.25, 0.3) is 0 Å². The van der Waals surface area contributed by atoms with Gasteiger partial charge in [0.15, 0.2) is 0 Å². The second-order valence-electron chi connectivity index (χ2n) is 13.3. The quantitative estimate of drug-likeness (QED) is 0.0337. The molecule has 2 unspecified atom stereocenters. The SMILES string of the molecule is CC/C=C\C/C=C\C/C=C\C/C=C\C/C=C\CCCCCC(=O)OC(/C=C\C/C=C\C/C=C\C/C=C\CC)CCCCCC(=O)NC(CCCN)C(=O)O. The molecule has 0 aliphatic carbocycles. The fourth-order valence-corrected chi connectivity index (χ4v) is 5.27. The molecule has 0 radical (unpaired) electrons. The van der Waals surface area contributed by atoms with Crippen LogP contribution in [0.5, 0.6) is 0 Å². The Morgan fingerprint density at radius 3 is 1.52 bits per heavy atom. The maximum absolute atomic E-state index is 12.7. The molecule has 0 fully saturated rings. The van der Waals surface area contributed by atoms with Gasteiger partial charge >= 0.3 is 11.9 Å². The molecule has 0 aliphatic heterocycles. The van der Waals surface area contributed by atoms with Gasteiger partial charge in [-0.15, -0.1) is 0 Å². The van der Waals surface area contributed by atoms with Crippen LogP contribution in [0.4, 0.5) is 0 Å². The summed E-state index contributed by atoms with van der Waals surface area (Å²) in [5.41, 5.74) is 5.48. The van der Waals surface area contributed by atoms with Crippen LogP contribution < -0.4 is 11.1 Å². The smallest absolute Gasteiger partial charge is 0.326 e. The number of hydrogen-bond donors (Lipinski definition) is 3. The van der Waals surface area contributed by atoms with Gasteiger partial charge < -0.3 is 20.9 Å². The lowest BCUT2D eigenvalue weighted by molar-refractivity contribution is -0.147. The van der Waals surface area contributed by atoms with Gasteiger partial charge in [-0.3, -0.25) is 9.59 Å². The molecule has 0 aliphatic rings. The summed E-state index contributed by atoms with van der Waals surface area (Å²) in [6, 6.07) is -0.902. The van der Waals surface area contributed by atoms with Crippen LogP contribution >= 0.6 is 0 Å². The molecule has 0 aromatic heterocycles. The maximum atomic E-state index is 12.7. The van der Waals surface area contributed by atoms with E-state index in [-0.39, 0.29) is 24.4 Å². The van der Waals surface area contributed by atoms with Crippen LogP contribution in [0.1, 0.15) is 149 Å². The van der Waals surface area contributed by atoms with Crippen molar-refractivity contribution < 1.29 is 24.2 Å². The summed E-state index contributed by atoms with van der Waals surface area (Å²) in [6.45, 7) is 4.67. The molecule has 302 valence electrons. The van der Waals surface area contributed by atoms with Gasteiger partial charge in [-0.1, -0.05) is 130 Å². The molecule has 0 aromatic carbocycles. The zero-order valence-electron chi connectivity index (χ0n) is 33.8. The monoisotopic (exact) mass is 747 g/mol. The summed E-state index contributed by atoms with van der Waals surface area (Å²) in [5.74, 6) is -1.47. The van der Waals surface area contributed by atoms with Crippen LogP contribution in [0.2, 0.25) is 0 Å². The molecule has 0 saturated carbocycles. The summed E-state index contributed by atoms with van der Waals surface area (Å²) in [6.07, 6.45) is 55.7. The predicted molar refractivity (Wildman–Crippen MR) is 229 cm³/mol. The van der Waals surface area contributed by atoms with Gasteiger partial charge in [-0.05, 0) is 122 Å². The summed E-state index contributed by atoms with van der Waals surface area (Å²) >= 11 is 0. The van der Waals surface area contributed by atoms with Crippen molar-refractivity contribution in [3.05, 3.63) is 109 Å². The number of ether oxygens (including phenoxy) is 1. The van der Waals surface area contributed by atoms with E-state index in [1.54, 1.807) is 0 Å². The third-order valence-electron chi connectivity index (χ3n) is 8.32. The van der Waals surface area contributed by atoms with Gasteiger partial charge in [0.2, 0.25) is 5.91 Å². The van der Waals surface area contributed by atoms with Crippen molar-refractivity contribution in [2.75, 3.05) is 6.54 Å². The Labute approximate surface area is 329 Å². The zero-order chi connectivity index (χ0) is 39.6. The van der Waals surface area contributed by atoms with Gasteiger partial charge in [0.05, 0.1) is 0 Å². The van der Waals surface area contributed by atoms with Gasteiger partial charge in [-0.2, -0.15) is 0 Å².